The highest BCUT2D eigenvalue weighted by molar-refractivity contribution is 5.98. The number of aryl methyl sites for hydroxylation is 1. The van der Waals surface area contributed by atoms with Gasteiger partial charge in [-0.3, -0.25) is 58.3 Å². The molecule has 4 saturated heterocycles. The summed E-state index contributed by atoms with van der Waals surface area (Å²) < 4.78 is 55.5. The van der Waals surface area contributed by atoms with Crippen molar-refractivity contribution in [3.8, 4) is 50.3 Å². The van der Waals surface area contributed by atoms with Gasteiger partial charge in [0.25, 0.3) is 23.6 Å². The number of halogens is 3. The monoisotopic (exact) mass is 1690 g/mol. The van der Waals surface area contributed by atoms with Crippen molar-refractivity contribution in [1.29, 1.82) is 0 Å². The van der Waals surface area contributed by atoms with Gasteiger partial charge in [0.1, 0.15) is 11.6 Å². The molecule has 126 heavy (non-hydrogen) atoms. The number of fused-ring (bicyclic) bond motifs is 4. The maximum atomic E-state index is 14.2. The number of nitrogens with zero attached hydrogens (tertiary/aromatic N) is 16. The van der Waals surface area contributed by atoms with Crippen LogP contribution >= 0.6 is 0 Å². The summed E-state index contributed by atoms with van der Waals surface area (Å²) in [5.41, 5.74) is 14.1. The van der Waals surface area contributed by atoms with Crippen LogP contribution in [-0.2, 0) is 26.2 Å². The summed E-state index contributed by atoms with van der Waals surface area (Å²) in [7, 11) is 1.62. The smallest absolute Gasteiger partial charge is 0.257 e. The third-order valence-electron chi connectivity index (χ3n) is 25.3. The number of H-pyrrole nitrogens is 4. The van der Waals surface area contributed by atoms with E-state index in [2.05, 4.69) is 159 Å². The molecule has 28 heteroatoms. The Bertz CT molecular complexity index is 6600. The van der Waals surface area contributed by atoms with Crippen LogP contribution in [0.4, 0.5) is 13.2 Å². The Labute approximate surface area is 727 Å². The number of methoxy groups -OCH3 is 1. The van der Waals surface area contributed by atoms with E-state index in [-0.39, 0.29) is 57.3 Å². The van der Waals surface area contributed by atoms with Crippen molar-refractivity contribution in [2.75, 3.05) is 33.3 Å². The fraction of sp³-hybridized carbons (Fsp3) is 0.306. The number of nitrogens with one attached hydrogen (secondary N) is 4. The molecule has 4 aliphatic rings. The number of rotatable bonds is 17. The zero-order valence-corrected chi connectivity index (χ0v) is 72.1. The van der Waals surface area contributed by atoms with Crippen molar-refractivity contribution >= 4 is 67.2 Å². The van der Waals surface area contributed by atoms with E-state index in [0.717, 1.165) is 151 Å². The number of carbonyl (C=O) groups is 4. The summed E-state index contributed by atoms with van der Waals surface area (Å²) in [4.78, 5) is 60.0. The first-order chi connectivity index (χ1) is 60.6. The lowest BCUT2D eigenvalue weighted by molar-refractivity contribution is 0.0634. The maximum absolute atomic E-state index is 14.2. The highest BCUT2D eigenvalue weighted by Crippen LogP contribution is 2.42. The van der Waals surface area contributed by atoms with Crippen molar-refractivity contribution in [2.45, 2.75) is 136 Å². The molecular formula is C98H101F3N20O5. The van der Waals surface area contributed by atoms with Crippen LogP contribution in [0, 0.1) is 48.0 Å². The summed E-state index contributed by atoms with van der Waals surface area (Å²) >= 11 is 0. The van der Waals surface area contributed by atoms with Gasteiger partial charge in [0, 0.05) is 154 Å². The lowest BCUT2D eigenvalue weighted by Crippen LogP contribution is -2.43. The number of ether oxygens (including phenoxy) is 1. The highest BCUT2D eigenvalue weighted by Gasteiger charge is 2.46. The molecule has 644 valence electrons. The first kappa shape index (κ1) is 84.2. The quantitative estimate of drug-likeness (QED) is 0.0661. The van der Waals surface area contributed by atoms with Crippen molar-refractivity contribution < 1.29 is 37.1 Å². The molecule has 0 spiro atoms. The first-order valence-electron chi connectivity index (χ1n) is 42.6. The van der Waals surface area contributed by atoms with Gasteiger partial charge in [0.15, 0.2) is 11.6 Å². The Hall–Kier alpha value is -14.1. The molecule has 8 aromatic carbocycles. The molecule has 4 aliphatic heterocycles. The predicted octanol–water partition coefficient (Wildman–Crippen LogP) is 18.2. The van der Waals surface area contributed by atoms with Crippen LogP contribution in [0.15, 0.2) is 238 Å². The van der Waals surface area contributed by atoms with Gasteiger partial charge >= 0.3 is 0 Å². The summed E-state index contributed by atoms with van der Waals surface area (Å²) in [6, 6.07) is 50.3. The Morgan fingerprint density at radius 3 is 1.03 bits per heavy atom. The first-order valence-corrected chi connectivity index (χ1v) is 42.6. The Morgan fingerprint density at radius 2 is 0.683 bits per heavy atom. The lowest BCUT2D eigenvalue weighted by atomic mass is 9.96. The summed E-state index contributed by atoms with van der Waals surface area (Å²) in [6.07, 6.45) is 25.7. The van der Waals surface area contributed by atoms with Crippen molar-refractivity contribution in [2.24, 2.45) is 23.7 Å². The van der Waals surface area contributed by atoms with E-state index in [4.69, 9.17) is 4.74 Å². The summed E-state index contributed by atoms with van der Waals surface area (Å²) in [5, 5.41) is 50.2. The van der Waals surface area contributed by atoms with E-state index in [1.54, 1.807) is 47.5 Å². The topological polar surface area (TPSA) is 276 Å². The Kier molecular flexibility index (Phi) is 23.1. The molecule has 12 heterocycles. The predicted molar refractivity (Wildman–Crippen MR) is 479 cm³/mol. The fourth-order valence-electron chi connectivity index (χ4n) is 19.1. The van der Waals surface area contributed by atoms with Crippen LogP contribution in [-0.4, -0.2) is 179 Å². The van der Waals surface area contributed by atoms with E-state index in [9.17, 15) is 32.3 Å². The standard InChI is InChI=1S/C25H27N5O2.C25H27N5O.C24H23F2N5O.C24H24FN5O/c1-25(2)11-17(15-29(25)24(31)19-5-4-6-22(10-19)32-3)16-30-23-8-7-18(9-20(23)14-28-30)21-12-26-27-13-21;1-17-4-6-19(7-5-17)24(31)29-15-18(11-25(29,2)3)16-30-23-9-8-20(10-21(23)14-28-30)22-12-26-27-13-22;1-24(2)9-15(13-30(24)23(32)19-4-3-5-20(25)22(19)26)14-31-21-7-6-16(8-17(21)12-29-31)18-10-27-28-11-18;1-24(2)10-16(14-29(24)23(31)20-5-3-4-6-21(20)25)15-30-22-8-7-17(9-18(22)13-28-30)19-11-26-27-12-19/h4-10,12-14,17H,11,15-16H2,1-3H3,(H,26,27);4-10,12-14,18H,11,15-16H2,1-3H3,(H,26,27);3-8,10-12,15H,9,13-14H2,1-2H3,(H,27,28);3-9,11-13,16H,10,14-15H2,1-2H3,(H,26,27). The fourth-order valence-corrected chi connectivity index (χ4v) is 19.1. The van der Waals surface area contributed by atoms with Crippen LogP contribution in [0.5, 0.6) is 5.75 Å². The molecule has 0 aliphatic carbocycles. The van der Waals surface area contributed by atoms with Crippen LogP contribution < -0.4 is 4.74 Å². The number of carbonyl (C=O) groups excluding carboxylic acids is 4. The van der Waals surface area contributed by atoms with E-state index >= 15 is 0 Å². The normalized spacial score (nSPS) is 17.9. The molecule has 0 radical (unpaired) electrons. The number of hydrogen-bond donors (Lipinski definition) is 4. The average molecular weight is 1700 g/mol. The minimum atomic E-state index is -1.09. The van der Waals surface area contributed by atoms with E-state index < -0.39 is 28.9 Å². The number of likely N-dealkylation sites (tertiary alicyclic amines) is 4. The second kappa shape index (κ2) is 34.6. The second-order valence-electron chi connectivity index (χ2n) is 36.2. The summed E-state index contributed by atoms with van der Waals surface area (Å²) in [5.74, 6) is -1.38. The zero-order chi connectivity index (χ0) is 87.9. The molecule has 4 N–H and O–H groups in total. The molecule has 0 saturated carbocycles. The number of benzene rings is 8. The number of hydrogen-bond acceptors (Lipinski definition) is 13. The third-order valence-corrected chi connectivity index (χ3v) is 25.3. The van der Waals surface area contributed by atoms with Gasteiger partial charge in [-0.1, -0.05) is 66.2 Å². The van der Waals surface area contributed by atoms with E-state index in [1.165, 1.54) is 18.2 Å². The molecule has 4 fully saturated rings. The molecule has 4 atom stereocenters. The van der Waals surface area contributed by atoms with Gasteiger partial charge in [0.05, 0.1) is 89.9 Å². The zero-order valence-electron chi connectivity index (χ0n) is 72.1. The lowest BCUT2D eigenvalue weighted by Gasteiger charge is -2.31. The SMILES string of the molecule is CC1(C)CC(Cn2ncc3cc(-c4cn[nH]c4)ccc32)CN1C(=O)c1cccc(F)c1F.CC1(C)CC(Cn2ncc3cc(-c4cn[nH]c4)ccc32)CN1C(=O)c1ccccc1F.COc1cccc(C(=O)N2CC(Cn3ncc4cc(-c5cn[nH]c5)ccc43)CC2(C)C)c1.Cc1ccc(C(=O)N2CC(Cn3ncc4cc(-c5cn[nH]c5)ccc43)CC2(C)C)cc1. The third kappa shape index (κ3) is 17.5. The minimum Gasteiger partial charge on any atom is -0.497 e. The Balaban J connectivity index is 0.000000119. The highest BCUT2D eigenvalue weighted by atomic mass is 19.2. The maximum Gasteiger partial charge on any atom is 0.257 e. The summed E-state index contributed by atoms with van der Waals surface area (Å²) in [6.45, 7) is 24.1. The van der Waals surface area contributed by atoms with Crippen molar-refractivity contribution in [3.05, 3.63) is 283 Å². The molecule has 0 bridgehead atoms. The molecule has 16 aromatic rings. The van der Waals surface area contributed by atoms with E-state index in [0.29, 0.717) is 55.9 Å². The minimum absolute atomic E-state index is 0.0477. The van der Waals surface area contributed by atoms with Gasteiger partial charge in [-0.2, -0.15) is 40.8 Å². The Morgan fingerprint density at radius 1 is 0.357 bits per heavy atom. The molecule has 8 aromatic heterocycles. The van der Waals surface area contributed by atoms with Gasteiger partial charge in [0.2, 0.25) is 0 Å². The van der Waals surface area contributed by atoms with Crippen LogP contribution in [0.1, 0.15) is 128 Å². The van der Waals surface area contributed by atoms with Gasteiger partial charge in [-0.05, 0) is 237 Å². The molecular weight excluding hydrogens is 1590 g/mol. The van der Waals surface area contributed by atoms with Crippen molar-refractivity contribution in [3.63, 3.8) is 0 Å². The number of aromatic amines is 4. The van der Waals surface area contributed by atoms with Gasteiger partial charge in [-0.15, -0.1) is 0 Å². The van der Waals surface area contributed by atoms with Gasteiger partial charge in [-0.25, -0.2) is 13.2 Å². The molecule has 25 nitrogen and oxygen atoms in total. The largest absolute Gasteiger partial charge is 0.497 e. The molecule has 20 rings (SSSR count). The van der Waals surface area contributed by atoms with Gasteiger partial charge < -0.3 is 24.3 Å². The number of aromatic nitrogens is 16. The number of amides is 4. The van der Waals surface area contributed by atoms with Crippen molar-refractivity contribution in [1.82, 2.24) is 99.5 Å². The molecule has 4 amide bonds. The average Bonchev–Trinajstić information content (AvgIpc) is 1.69. The van der Waals surface area contributed by atoms with Crippen LogP contribution in [0.3, 0.4) is 0 Å². The van der Waals surface area contributed by atoms with Crippen LogP contribution in [0.2, 0.25) is 0 Å². The second-order valence-corrected chi connectivity index (χ2v) is 36.2. The molecule has 4 unspecified atom stereocenters. The van der Waals surface area contributed by atoms with E-state index in [1.807, 2.05) is 176 Å². The van der Waals surface area contributed by atoms with Crippen LogP contribution in [0.25, 0.3) is 88.1 Å².